The molecule has 0 aliphatic carbocycles. The van der Waals surface area contributed by atoms with Crippen LogP contribution in [0.4, 0.5) is 4.79 Å². The molecule has 0 saturated heterocycles. The highest BCUT2D eigenvalue weighted by molar-refractivity contribution is 5.73. The molecule has 2 amide bonds. The van der Waals surface area contributed by atoms with Crippen molar-refractivity contribution in [3.8, 4) is 0 Å². The van der Waals surface area contributed by atoms with Gasteiger partial charge in [-0.25, -0.2) is 4.79 Å². The molecule has 0 aliphatic heterocycles. The van der Waals surface area contributed by atoms with Gasteiger partial charge in [-0.05, 0) is 43.3 Å². The van der Waals surface area contributed by atoms with E-state index in [-0.39, 0.29) is 12.6 Å². The van der Waals surface area contributed by atoms with Gasteiger partial charge in [-0.3, -0.25) is 0 Å². The van der Waals surface area contributed by atoms with Gasteiger partial charge >= 0.3 is 6.03 Å². The van der Waals surface area contributed by atoms with Crippen molar-refractivity contribution >= 4 is 6.03 Å². The van der Waals surface area contributed by atoms with Gasteiger partial charge in [0.1, 0.15) is 0 Å². The second kappa shape index (κ2) is 9.20. The Bertz CT molecular complexity index is 701. The molecule has 3 N–H and O–H groups in total. The molecule has 2 aromatic carbocycles. The fourth-order valence-electron chi connectivity index (χ4n) is 2.72. The molecule has 0 saturated carbocycles. The largest absolute Gasteiger partial charge is 0.387 e. The number of aliphatic hydroxyl groups is 1. The summed E-state index contributed by atoms with van der Waals surface area (Å²) in [5.41, 5.74) is 4.12. The molecule has 2 rings (SSSR count). The first-order chi connectivity index (χ1) is 12.0. The molecule has 25 heavy (non-hydrogen) atoms. The topological polar surface area (TPSA) is 64.6 Å². The maximum atomic E-state index is 12.0. The van der Waals surface area contributed by atoms with Crippen molar-refractivity contribution in [3.05, 3.63) is 70.8 Å². The zero-order valence-electron chi connectivity index (χ0n) is 15.1. The lowest BCUT2D eigenvalue weighted by Crippen LogP contribution is -2.37. The summed E-state index contributed by atoms with van der Waals surface area (Å²) < 4.78 is 0. The third-order valence-electron chi connectivity index (χ3n) is 4.05. The summed E-state index contributed by atoms with van der Waals surface area (Å²) in [7, 11) is 4.04. The molecule has 5 nitrogen and oxygen atoms in total. The highest BCUT2D eigenvalue weighted by Gasteiger charge is 2.11. The molecular formula is C20H27N3O2. The molecule has 2 aromatic rings. The minimum absolute atomic E-state index is 0.177. The first-order valence-electron chi connectivity index (χ1n) is 8.44. The van der Waals surface area contributed by atoms with E-state index in [0.29, 0.717) is 6.54 Å². The van der Waals surface area contributed by atoms with E-state index in [9.17, 15) is 9.90 Å². The molecule has 1 atom stereocenters. The fraction of sp³-hybridized carbons (Fsp3) is 0.350. The monoisotopic (exact) mass is 341 g/mol. The number of aliphatic hydroxyl groups excluding tert-OH is 1. The molecule has 0 fully saturated rings. The van der Waals surface area contributed by atoms with Crippen LogP contribution in [-0.2, 0) is 13.1 Å². The van der Waals surface area contributed by atoms with E-state index >= 15 is 0 Å². The predicted molar refractivity (Wildman–Crippen MR) is 100 cm³/mol. The average molecular weight is 341 g/mol. The molecular weight excluding hydrogens is 314 g/mol. The van der Waals surface area contributed by atoms with Crippen molar-refractivity contribution in [2.45, 2.75) is 26.1 Å². The van der Waals surface area contributed by atoms with Gasteiger partial charge in [0.05, 0.1) is 6.10 Å². The number of carbonyl (C=O) groups is 1. The Balaban J connectivity index is 1.84. The van der Waals surface area contributed by atoms with Gasteiger partial charge in [0.15, 0.2) is 0 Å². The van der Waals surface area contributed by atoms with Gasteiger partial charge in [-0.1, -0.05) is 48.5 Å². The number of nitrogens with zero attached hydrogens (tertiary/aromatic N) is 1. The van der Waals surface area contributed by atoms with Gasteiger partial charge in [0.2, 0.25) is 0 Å². The molecule has 134 valence electrons. The molecule has 1 unspecified atom stereocenters. The zero-order valence-corrected chi connectivity index (χ0v) is 15.1. The quantitative estimate of drug-likeness (QED) is 0.725. The van der Waals surface area contributed by atoms with Crippen LogP contribution in [0.25, 0.3) is 0 Å². The van der Waals surface area contributed by atoms with Crippen LogP contribution in [0.15, 0.2) is 48.5 Å². The molecule has 0 heterocycles. The fourth-order valence-corrected chi connectivity index (χ4v) is 2.72. The zero-order chi connectivity index (χ0) is 18.2. The lowest BCUT2D eigenvalue weighted by atomic mass is 10.0. The highest BCUT2D eigenvalue weighted by Crippen LogP contribution is 2.16. The number of hydrogen-bond acceptors (Lipinski definition) is 3. The van der Waals surface area contributed by atoms with Crippen LogP contribution < -0.4 is 10.6 Å². The van der Waals surface area contributed by atoms with E-state index in [0.717, 1.165) is 23.2 Å². The van der Waals surface area contributed by atoms with E-state index in [1.165, 1.54) is 5.56 Å². The molecule has 5 heteroatoms. The van der Waals surface area contributed by atoms with Crippen molar-refractivity contribution in [1.82, 2.24) is 15.5 Å². The lowest BCUT2D eigenvalue weighted by molar-refractivity contribution is 0.172. The van der Waals surface area contributed by atoms with Crippen molar-refractivity contribution < 1.29 is 9.90 Å². The first-order valence-corrected chi connectivity index (χ1v) is 8.44. The van der Waals surface area contributed by atoms with Gasteiger partial charge < -0.3 is 20.6 Å². The molecule has 0 bridgehead atoms. The van der Waals surface area contributed by atoms with Crippen LogP contribution in [-0.4, -0.2) is 36.7 Å². The van der Waals surface area contributed by atoms with Gasteiger partial charge in [-0.2, -0.15) is 0 Å². The number of benzene rings is 2. The Morgan fingerprint density at radius 2 is 1.68 bits per heavy atom. The van der Waals surface area contributed by atoms with E-state index in [1.807, 2.05) is 63.5 Å². The van der Waals surface area contributed by atoms with Crippen LogP contribution >= 0.6 is 0 Å². The van der Waals surface area contributed by atoms with Crippen LogP contribution in [0, 0.1) is 6.92 Å². The SMILES string of the molecule is Cc1ccccc1C(O)CNC(=O)NCc1ccccc1CN(C)C. The van der Waals surface area contributed by atoms with E-state index in [4.69, 9.17) is 0 Å². The number of nitrogens with one attached hydrogen (secondary N) is 2. The highest BCUT2D eigenvalue weighted by atomic mass is 16.3. The number of urea groups is 1. The van der Waals surface area contributed by atoms with Gasteiger partial charge in [-0.15, -0.1) is 0 Å². The Hall–Kier alpha value is -2.37. The van der Waals surface area contributed by atoms with Gasteiger partial charge in [0.25, 0.3) is 0 Å². The van der Waals surface area contributed by atoms with Crippen LogP contribution in [0.2, 0.25) is 0 Å². The third-order valence-corrected chi connectivity index (χ3v) is 4.05. The van der Waals surface area contributed by atoms with Crippen molar-refractivity contribution in [2.75, 3.05) is 20.6 Å². The summed E-state index contributed by atoms with van der Waals surface area (Å²) in [6, 6.07) is 15.4. The number of amides is 2. The maximum Gasteiger partial charge on any atom is 0.315 e. The number of aryl methyl sites for hydroxylation is 1. The minimum Gasteiger partial charge on any atom is -0.387 e. The number of carbonyl (C=O) groups excluding carboxylic acids is 1. The number of hydrogen-bond donors (Lipinski definition) is 3. The number of rotatable bonds is 7. The summed E-state index contributed by atoms with van der Waals surface area (Å²) in [4.78, 5) is 14.1. The Morgan fingerprint density at radius 1 is 1.04 bits per heavy atom. The summed E-state index contributed by atoms with van der Waals surface area (Å²) in [5, 5.41) is 15.8. The Morgan fingerprint density at radius 3 is 2.36 bits per heavy atom. The maximum absolute atomic E-state index is 12.0. The summed E-state index contributed by atoms with van der Waals surface area (Å²) in [6.45, 7) is 3.40. The van der Waals surface area contributed by atoms with Crippen LogP contribution in [0.5, 0.6) is 0 Å². The molecule has 0 radical (unpaired) electrons. The van der Waals surface area contributed by atoms with Crippen LogP contribution in [0.1, 0.15) is 28.4 Å². The summed E-state index contributed by atoms with van der Waals surface area (Å²) in [5.74, 6) is 0. The lowest BCUT2D eigenvalue weighted by Gasteiger charge is -2.16. The smallest absolute Gasteiger partial charge is 0.315 e. The van der Waals surface area contributed by atoms with Crippen LogP contribution in [0.3, 0.4) is 0 Å². The standard InChI is InChI=1S/C20H27N3O2/c1-15-8-4-7-11-18(15)19(24)13-22-20(25)21-12-16-9-5-6-10-17(16)14-23(2)3/h4-11,19,24H,12-14H2,1-3H3,(H2,21,22,25). The minimum atomic E-state index is -0.715. The third kappa shape index (κ3) is 5.89. The second-order valence-corrected chi connectivity index (χ2v) is 6.44. The Kier molecular flexibility index (Phi) is 6.98. The predicted octanol–water partition coefficient (Wildman–Crippen LogP) is 2.59. The summed E-state index contributed by atoms with van der Waals surface area (Å²) in [6.07, 6.45) is -0.715. The Labute approximate surface area is 149 Å². The van der Waals surface area contributed by atoms with Crippen molar-refractivity contribution in [2.24, 2.45) is 0 Å². The second-order valence-electron chi connectivity index (χ2n) is 6.44. The van der Waals surface area contributed by atoms with E-state index in [1.54, 1.807) is 0 Å². The first kappa shape index (κ1) is 19.0. The average Bonchev–Trinajstić information content (AvgIpc) is 2.59. The molecule has 0 aromatic heterocycles. The van der Waals surface area contributed by atoms with Crippen molar-refractivity contribution in [1.29, 1.82) is 0 Å². The summed E-state index contributed by atoms with van der Waals surface area (Å²) >= 11 is 0. The van der Waals surface area contributed by atoms with Crippen molar-refractivity contribution in [3.63, 3.8) is 0 Å². The normalized spacial score (nSPS) is 12.0. The van der Waals surface area contributed by atoms with E-state index in [2.05, 4.69) is 21.6 Å². The van der Waals surface area contributed by atoms with E-state index < -0.39 is 6.10 Å². The molecule has 0 spiro atoms. The molecule has 0 aliphatic rings. The van der Waals surface area contributed by atoms with Gasteiger partial charge in [0, 0.05) is 19.6 Å².